The Morgan fingerprint density at radius 2 is 2.35 bits per heavy atom. The highest BCUT2D eigenvalue weighted by molar-refractivity contribution is 6.33. The molecule has 2 unspecified atom stereocenters. The molecule has 0 aromatic heterocycles. The Balaban J connectivity index is 1.91. The van der Waals surface area contributed by atoms with Gasteiger partial charge in [-0.05, 0) is 30.7 Å². The van der Waals surface area contributed by atoms with Gasteiger partial charge in [-0.15, -0.1) is 0 Å². The number of nitrogens with one attached hydrogen (secondary N) is 2. The number of benzene rings is 1. The molecule has 1 aromatic rings. The Bertz CT molecular complexity index is 476. The minimum Gasteiger partial charge on any atom is -0.378 e. The van der Waals surface area contributed by atoms with E-state index in [2.05, 4.69) is 10.6 Å². The molecule has 0 saturated carbocycles. The maximum atomic E-state index is 12.0. The summed E-state index contributed by atoms with van der Waals surface area (Å²) < 4.78 is 5.33. The van der Waals surface area contributed by atoms with Crippen LogP contribution in [-0.2, 0) is 9.53 Å². The molecule has 1 aliphatic rings. The number of morpholine rings is 1. The van der Waals surface area contributed by atoms with E-state index < -0.39 is 0 Å². The van der Waals surface area contributed by atoms with Gasteiger partial charge in [0.05, 0.1) is 19.3 Å². The molecule has 0 bridgehead atoms. The Morgan fingerprint density at radius 3 is 3.05 bits per heavy atom. The van der Waals surface area contributed by atoms with Crippen LogP contribution in [0, 0.1) is 0 Å². The lowest BCUT2D eigenvalue weighted by Crippen LogP contribution is -2.44. The third kappa shape index (κ3) is 4.35. The molecule has 6 heteroatoms. The summed E-state index contributed by atoms with van der Waals surface area (Å²) in [5.41, 5.74) is 0.820. The first-order chi connectivity index (χ1) is 9.56. The van der Waals surface area contributed by atoms with E-state index in [1.165, 1.54) is 0 Å². The summed E-state index contributed by atoms with van der Waals surface area (Å²) in [6.07, 6.45) is 0.391. The lowest BCUT2D eigenvalue weighted by molar-refractivity contribution is -0.122. The number of halogens is 2. The first kappa shape index (κ1) is 15.6. The number of carbonyl (C=O) groups excluding carboxylic acids is 1. The van der Waals surface area contributed by atoms with Crippen molar-refractivity contribution < 1.29 is 9.53 Å². The highest BCUT2D eigenvalue weighted by Crippen LogP contribution is 2.26. The first-order valence-electron chi connectivity index (χ1n) is 6.61. The van der Waals surface area contributed by atoms with Gasteiger partial charge in [-0.1, -0.05) is 23.2 Å². The lowest BCUT2D eigenvalue weighted by Gasteiger charge is -2.24. The number of amides is 1. The van der Waals surface area contributed by atoms with Crippen LogP contribution in [0.3, 0.4) is 0 Å². The smallest absolute Gasteiger partial charge is 0.222 e. The van der Waals surface area contributed by atoms with Gasteiger partial charge in [-0.3, -0.25) is 4.79 Å². The Kier molecular flexibility index (Phi) is 5.66. The second-order valence-corrected chi connectivity index (χ2v) is 5.73. The fraction of sp³-hybridized carbons (Fsp3) is 0.500. The fourth-order valence-electron chi connectivity index (χ4n) is 2.20. The van der Waals surface area contributed by atoms with Crippen LogP contribution in [0.1, 0.15) is 24.9 Å². The molecule has 1 aliphatic heterocycles. The van der Waals surface area contributed by atoms with Gasteiger partial charge in [0, 0.05) is 29.1 Å². The molecule has 4 nitrogen and oxygen atoms in total. The number of hydrogen-bond donors (Lipinski definition) is 2. The van der Waals surface area contributed by atoms with E-state index in [0.717, 1.165) is 12.1 Å². The number of rotatable bonds is 4. The topological polar surface area (TPSA) is 50.4 Å². The van der Waals surface area contributed by atoms with Crippen molar-refractivity contribution in [3.8, 4) is 0 Å². The van der Waals surface area contributed by atoms with Crippen LogP contribution in [0.4, 0.5) is 0 Å². The van der Waals surface area contributed by atoms with Crippen molar-refractivity contribution in [1.82, 2.24) is 10.6 Å². The van der Waals surface area contributed by atoms with Crippen molar-refractivity contribution in [2.75, 3.05) is 19.8 Å². The van der Waals surface area contributed by atoms with Gasteiger partial charge in [0.25, 0.3) is 0 Å². The predicted octanol–water partition coefficient (Wildman–Crippen LogP) is 2.55. The molecule has 2 rings (SSSR count). The lowest BCUT2D eigenvalue weighted by atomic mass is 10.1. The third-order valence-corrected chi connectivity index (χ3v) is 3.81. The van der Waals surface area contributed by atoms with E-state index in [1.807, 2.05) is 6.92 Å². The van der Waals surface area contributed by atoms with E-state index in [4.69, 9.17) is 27.9 Å². The van der Waals surface area contributed by atoms with Gasteiger partial charge in [0.1, 0.15) is 0 Å². The van der Waals surface area contributed by atoms with Gasteiger partial charge >= 0.3 is 0 Å². The number of carbonyl (C=O) groups is 1. The van der Waals surface area contributed by atoms with Crippen molar-refractivity contribution in [3.05, 3.63) is 33.8 Å². The van der Waals surface area contributed by atoms with Crippen molar-refractivity contribution in [2.24, 2.45) is 0 Å². The third-order valence-electron chi connectivity index (χ3n) is 3.23. The minimum absolute atomic E-state index is 0.0310. The van der Waals surface area contributed by atoms with E-state index in [1.54, 1.807) is 18.2 Å². The zero-order valence-electron chi connectivity index (χ0n) is 11.3. The van der Waals surface area contributed by atoms with E-state index >= 15 is 0 Å². The van der Waals surface area contributed by atoms with Gasteiger partial charge in [0.2, 0.25) is 5.91 Å². The zero-order valence-corrected chi connectivity index (χ0v) is 12.8. The average Bonchev–Trinajstić information content (AvgIpc) is 2.42. The molecular weight excluding hydrogens is 299 g/mol. The number of ether oxygens (including phenoxy) is 1. The summed E-state index contributed by atoms with van der Waals surface area (Å²) in [6.45, 7) is 3.94. The van der Waals surface area contributed by atoms with Crippen molar-refractivity contribution >= 4 is 29.1 Å². The van der Waals surface area contributed by atoms with Crippen LogP contribution in [0.5, 0.6) is 0 Å². The van der Waals surface area contributed by atoms with Crippen LogP contribution in [0.2, 0.25) is 10.0 Å². The normalized spacial score (nSPS) is 20.4. The summed E-state index contributed by atoms with van der Waals surface area (Å²) in [6, 6.07) is 5.13. The van der Waals surface area contributed by atoms with Crippen LogP contribution in [0.15, 0.2) is 18.2 Å². The zero-order chi connectivity index (χ0) is 14.5. The molecule has 0 radical (unpaired) electrons. The summed E-state index contributed by atoms with van der Waals surface area (Å²) in [5, 5.41) is 7.39. The molecule has 0 aliphatic carbocycles. The molecule has 20 heavy (non-hydrogen) atoms. The minimum atomic E-state index is -0.182. The Hall–Kier alpha value is -0.810. The highest BCUT2D eigenvalue weighted by atomic mass is 35.5. The highest BCUT2D eigenvalue weighted by Gasteiger charge is 2.19. The van der Waals surface area contributed by atoms with Crippen molar-refractivity contribution in [1.29, 1.82) is 0 Å². The van der Waals surface area contributed by atoms with Gasteiger partial charge < -0.3 is 15.4 Å². The molecule has 110 valence electrons. The molecule has 1 amide bonds. The van der Waals surface area contributed by atoms with Crippen LogP contribution in [-0.4, -0.2) is 31.7 Å². The average molecular weight is 317 g/mol. The summed E-state index contributed by atoms with van der Waals surface area (Å²) >= 11 is 12.1. The fourth-order valence-corrected chi connectivity index (χ4v) is 2.66. The predicted molar refractivity (Wildman–Crippen MR) is 80.2 cm³/mol. The van der Waals surface area contributed by atoms with Crippen LogP contribution in [0.25, 0.3) is 0 Å². The second kappa shape index (κ2) is 7.27. The van der Waals surface area contributed by atoms with Crippen LogP contribution < -0.4 is 10.6 Å². The van der Waals surface area contributed by atoms with Crippen LogP contribution >= 0.6 is 23.2 Å². The molecular formula is C14H18Cl2N2O2. The van der Waals surface area contributed by atoms with Gasteiger partial charge in [-0.25, -0.2) is 0 Å². The second-order valence-electron chi connectivity index (χ2n) is 4.89. The summed E-state index contributed by atoms with van der Waals surface area (Å²) in [5.74, 6) is -0.0310. The maximum Gasteiger partial charge on any atom is 0.222 e. The largest absolute Gasteiger partial charge is 0.378 e. The summed E-state index contributed by atoms with van der Waals surface area (Å²) in [4.78, 5) is 12.0. The summed E-state index contributed by atoms with van der Waals surface area (Å²) in [7, 11) is 0. The molecule has 1 heterocycles. The first-order valence-corrected chi connectivity index (χ1v) is 7.37. The van der Waals surface area contributed by atoms with Crippen molar-refractivity contribution in [3.63, 3.8) is 0 Å². The Morgan fingerprint density at radius 1 is 1.55 bits per heavy atom. The Labute approximate surface area is 128 Å². The SMILES string of the molecule is CC(NC(=O)CC1COCCN1)c1cc(Cl)ccc1Cl. The standard InChI is InChI=1S/C14H18Cl2N2O2/c1-9(12-6-10(15)2-3-13(12)16)18-14(19)7-11-8-20-5-4-17-11/h2-3,6,9,11,17H,4-5,7-8H2,1H3,(H,18,19). The maximum absolute atomic E-state index is 12.0. The molecule has 1 fully saturated rings. The van der Waals surface area contributed by atoms with E-state index in [9.17, 15) is 4.79 Å². The quantitative estimate of drug-likeness (QED) is 0.897. The molecule has 2 atom stereocenters. The van der Waals surface area contributed by atoms with Gasteiger partial charge in [-0.2, -0.15) is 0 Å². The van der Waals surface area contributed by atoms with E-state index in [-0.39, 0.29) is 18.0 Å². The number of hydrogen-bond acceptors (Lipinski definition) is 3. The molecule has 1 saturated heterocycles. The van der Waals surface area contributed by atoms with Crippen molar-refractivity contribution in [2.45, 2.75) is 25.4 Å². The molecule has 2 N–H and O–H groups in total. The molecule has 1 aromatic carbocycles. The van der Waals surface area contributed by atoms with Gasteiger partial charge in [0.15, 0.2) is 0 Å². The van der Waals surface area contributed by atoms with E-state index in [0.29, 0.717) is 29.7 Å². The monoisotopic (exact) mass is 316 g/mol. The molecule has 0 spiro atoms.